The Balaban J connectivity index is 1.58. The van der Waals surface area contributed by atoms with Crippen molar-refractivity contribution in [1.82, 2.24) is 24.6 Å². The zero-order chi connectivity index (χ0) is 13.9. The van der Waals surface area contributed by atoms with Crippen LogP contribution in [0.25, 0.3) is 0 Å². The Kier molecular flexibility index (Phi) is 3.64. The van der Waals surface area contributed by atoms with Crippen LogP contribution in [0.3, 0.4) is 0 Å². The summed E-state index contributed by atoms with van der Waals surface area (Å²) in [6.45, 7) is 6.93. The Labute approximate surface area is 119 Å². The molecule has 0 aliphatic carbocycles. The summed E-state index contributed by atoms with van der Waals surface area (Å²) in [6, 6.07) is 6.06. The topological polar surface area (TPSA) is 50.1 Å². The molecule has 106 valence electrons. The highest BCUT2D eigenvalue weighted by molar-refractivity contribution is 5.38. The van der Waals surface area contributed by atoms with E-state index in [0.29, 0.717) is 0 Å². The average molecular weight is 272 g/mol. The van der Waals surface area contributed by atoms with Gasteiger partial charge in [0.1, 0.15) is 17.5 Å². The summed E-state index contributed by atoms with van der Waals surface area (Å²) in [6.07, 6.45) is 1.85. The number of nitrogens with zero attached hydrogens (tertiary/aromatic N) is 6. The second-order valence-electron chi connectivity index (χ2n) is 5.17. The number of aryl methyl sites for hydroxylation is 1. The van der Waals surface area contributed by atoms with E-state index in [4.69, 9.17) is 0 Å². The van der Waals surface area contributed by atoms with Crippen LogP contribution in [0.15, 0.2) is 24.4 Å². The van der Waals surface area contributed by atoms with Gasteiger partial charge in [-0.1, -0.05) is 6.07 Å². The van der Waals surface area contributed by atoms with E-state index in [9.17, 15) is 0 Å². The summed E-state index contributed by atoms with van der Waals surface area (Å²) in [5, 5.41) is 8.34. The summed E-state index contributed by atoms with van der Waals surface area (Å²) in [5.41, 5.74) is 0. The molecule has 2 aromatic rings. The molecule has 2 aromatic heterocycles. The average Bonchev–Trinajstić information content (AvgIpc) is 2.81. The molecular weight excluding hydrogens is 252 g/mol. The number of piperazine rings is 1. The molecular formula is C14H20N6. The third kappa shape index (κ3) is 2.65. The van der Waals surface area contributed by atoms with E-state index in [2.05, 4.69) is 35.6 Å². The molecule has 6 heteroatoms. The summed E-state index contributed by atoms with van der Waals surface area (Å²) in [5.74, 6) is 3.07. The van der Waals surface area contributed by atoms with Crippen molar-refractivity contribution in [2.45, 2.75) is 13.5 Å². The molecule has 0 unspecified atom stereocenters. The van der Waals surface area contributed by atoms with Crippen LogP contribution in [-0.4, -0.2) is 50.8 Å². The van der Waals surface area contributed by atoms with E-state index in [-0.39, 0.29) is 0 Å². The number of pyridine rings is 1. The van der Waals surface area contributed by atoms with Crippen molar-refractivity contribution in [2.75, 3.05) is 31.1 Å². The summed E-state index contributed by atoms with van der Waals surface area (Å²) < 4.78 is 2.06. The molecule has 0 radical (unpaired) electrons. The fourth-order valence-electron chi connectivity index (χ4n) is 2.46. The van der Waals surface area contributed by atoms with Gasteiger partial charge in [0.25, 0.3) is 0 Å². The molecule has 1 aliphatic rings. The van der Waals surface area contributed by atoms with Crippen LogP contribution in [0.1, 0.15) is 11.6 Å². The molecule has 3 heterocycles. The maximum atomic E-state index is 4.41. The van der Waals surface area contributed by atoms with Gasteiger partial charge in [-0.3, -0.25) is 4.90 Å². The number of hydrogen-bond donors (Lipinski definition) is 0. The number of anilines is 1. The van der Waals surface area contributed by atoms with Gasteiger partial charge < -0.3 is 9.47 Å². The first kappa shape index (κ1) is 13.1. The van der Waals surface area contributed by atoms with Crippen LogP contribution in [0, 0.1) is 6.92 Å². The van der Waals surface area contributed by atoms with E-state index in [0.717, 1.165) is 50.2 Å². The second kappa shape index (κ2) is 5.58. The number of hydrogen-bond acceptors (Lipinski definition) is 5. The monoisotopic (exact) mass is 272 g/mol. The SMILES string of the molecule is Cc1nnc(CN2CCN(c3ccccn3)CC2)n1C. The highest BCUT2D eigenvalue weighted by atomic mass is 15.3. The van der Waals surface area contributed by atoms with E-state index in [1.165, 1.54) is 0 Å². The molecule has 1 fully saturated rings. The van der Waals surface area contributed by atoms with Crippen molar-refractivity contribution >= 4 is 5.82 Å². The standard InChI is InChI=1S/C14H20N6/c1-12-16-17-14(18(12)2)11-19-7-9-20(10-8-19)13-5-3-4-6-15-13/h3-6H,7-11H2,1-2H3. The first-order valence-corrected chi connectivity index (χ1v) is 6.97. The van der Waals surface area contributed by atoms with Crippen molar-refractivity contribution in [3.8, 4) is 0 Å². The Morgan fingerprint density at radius 3 is 2.50 bits per heavy atom. The lowest BCUT2D eigenvalue weighted by molar-refractivity contribution is 0.241. The van der Waals surface area contributed by atoms with Crippen molar-refractivity contribution in [3.05, 3.63) is 36.0 Å². The van der Waals surface area contributed by atoms with Crippen LogP contribution in [-0.2, 0) is 13.6 Å². The Bertz CT molecular complexity index is 556. The quantitative estimate of drug-likeness (QED) is 0.829. The van der Waals surface area contributed by atoms with Crippen LogP contribution < -0.4 is 4.90 Å². The Hall–Kier alpha value is -1.95. The van der Waals surface area contributed by atoms with Gasteiger partial charge in [-0.2, -0.15) is 0 Å². The molecule has 6 nitrogen and oxygen atoms in total. The molecule has 0 amide bonds. The van der Waals surface area contributed by atoms with Gasteiger partial charge in [0.2, 0.25) is 0 Å². The lowest BCUT2D eigenvalue weighted by Crippen LogP contribution is -2.46. The van der Waals surface area contributed by atoms with Gasteiger partial charge in [-0.15, -0.1) is 10.2 Å². The highest BCUT2D eigenvalue weighted by Crippen LogP contribution is 2.13. The van der Waals surface area contributed by atoms with Crippen LogP contribution in [0.2, 0.25) is 0 Å². The van der Waals surface area contributed by atoms with E-state index >= 15 is 0 Å². The van der Waals surface area contributed by atoms with Crippen molar-refractivity contribution < 1.29 is 0 Å². The van der Waals surface area contributed by atoms with E-state index in [1.54, 1.807) is 0 Å². The smallest absolute Gasteiger partial charge is 0.146 e. The van der Waals surface area contributed by atoms with Gasteiger partial charge in [0, 0.05) is 39.4 Å². The molecule has 0 aromatic carbocycles. The summed E-state index contributed by atoms with van der Waals surface area (Å²) in [4.78, 5) is 9.16. The van der Waals surface area contributed by atoms with Crippen molar-refractivity contribution in [2.24, 2.45) is 7.05 Å². The molecule has 0 bridgehead atoms. The van der Waals surface area contributed by atoms with Gasteiger partial charge in [-0.25, -0.2) is 4.98 Å². The molecule has 1 aliphatic heterocycles. The lowest BCUT2D eigenvalue weighted by Gasteiger charge is -2.35. The fourth-order valence-corrected chi connectivity index (χ4v) is 2.46. The molecule has 0 saturated carbocycles. The molecule has 0 N–H and O–H groups in total. The lowest BCUT2D eigenvalue weighted by atomic mass is 10.3. The minimum absolute atomic E-state index is 0.868. The predicted octanol–water partition coefficient (Wildman–Crippen LogP) is 0.841. The summed E-state index contributed by atoms with van der Waals surface area (Å²) in [7, 11) is 2.02. The van der Waals surface area contributed by atoms with E-state index in [1.807, 2.05) is 32.3 Å². The first-order chi connectivity index (χ1) is 9.74. The Morgan fingerprint density at radius 2 is 1.90 bits per heavy atom. The molecule has 0 spiro atoms. The number of aromatic nitrogens is 4. The van der Waals surface area contributed by atoms with Crippen LogP contribution in [0.4, 0.5) is 5.82 Å². The first-order valence-electron chi connectivity index (χ1n) is 6.97. The van der Waals surface area contributed by atoms with Gasteiger partial charge in [0.05, 0.1) is 6.54 Å². The minimum Gasteiger partial charge on any atom is -0.354 e. The van der Waals surface area contributed by atoms with Crippen molar-refractivity contribution in [3.63, 3.8) is 0 Å². The predicted molar refractivity (Wildman–Crippen MR) is 77.5 cm³/mol. The van der Waals surface area contributed by atoms with Gasteiger partial charge in [0.15, 0.2) is 0 Å². The maximum absolute atomic E-state index is 4.41. The third-order valence-electron chi connectivity index (χ3n) is 3.89. The zero-order valence-corrected chi connectivity index (χ0v) is 12.0. The molecule has 3 rings (SSSR count). The van der Waals surface area contributed by atoms with Crippen LogP contribution in [0.5, 0.6) is 0 Å². The van der Waals surface area contributed by atoms with Crippen LogP contribution >= 0.6 is 0 Å². The Morgan fingerprint density at radius 1 is 1.10 bits per heavy atom. The third-order valence-corrected chi connectivity index (χ3v) is 3.89. The van der Waals surface area contributed by atoms with E-state index < -0.39 is 0 Å². The normalized spacial score (nSPS) is 16.6. The number of rotatable bonds is 3. The molecule has 0 atom stereocenters. The maximum Gasteiger partial charge on any atom is 0.146 e. The minimum atomic E-state index is 0.868. The fraction of sp³-hybridized carbons (Fsp3) is 0.500. The summed E-state index contributed by atoms with van der Waals surface area (Å²) >= 11 is 0. The zero-order valence-electron chi connectivity index (χ0n) is 12.0. The van der Waals surface area contributed by atoms with Crippen molar-refractivity contribution in [1.29, 1.82) is 0 Å². The second-order valence-corrected chi connectivity index (χ2v) is 5.17. The molecule has 1 saturated heterocycles. The van der Waals surface area contributed by atoms with Gasteiger partial charge in [-0.05, 0) is 19.1 Å². The highest BCUT2D eigenvalue weighted by Gasteiger charge is 2.19. The largest absolute Gasteiger partial charge is 0.354 e. The molecule has 20 heavy (non-hydrogen) atoms. The van der Waals surface area contributed by atoms with Gasteiger partial charge >= 0.3 is 0 Å².